The summed E-state index contributed by atoms with van der Waals surface area (Å²) in [6.07, 6.45) is 0.991. The third kappa shape index (κ3) is 3.67. The van der Waals surface area contributed by atoms with Crippen LogP contribution in [0.1, 0.15) is 35.6 Å². The van der Waals surface area contributed by atoms with Crippen molar-refractivity contribution in [3.05, 3.63) is 34.4 Å². The van der Waals surface area contributed by atoms with Gasteiger partial charge >= 0.3 is 0 Å². The number of nitrogens with zero attached hydrogens (tertiary/aromatic N) is 2. The molecule has 1 heterocycles. The van der Waals surface area contributed by atoms with E-state index in [4.69, 9.17) is 0 Å². The van der Waals surface area contributed by atoms with Crippen LogP contribution in [-0.2, 0) is 16.0 Å². The monoisotopic (exact) mass is 302 g/mol. The highest BCUT2D eigenvalue weighted by Crippen LogP contribution is 2.17. The van der Waals surface area contributed by atoms with Gasteiger partial charge in [0.1, 0.15) is 0 Å². The van der Waals surface area contributed by atoms with Crippen LogP contribution in [0.3, 0.4) is 0 Å². The molecule has 1 fully saturated rings. The van der Waals surface area contributed by atoms with Crippen LogP contribution in [0.5, 0.6) is 0 Å². The topological polar surface area (TPSA) is 40.6 Å². The Kier molecular flexibility index (Phi) is 5.22. The maximum Gasteiger partial charge on any atom is 0.227 e. The first-order valence-electron chi connectivity index (χ1n) is 8.04. The molecule has 0 unspecified atom stereocenters. The van der Waals surface area contributed by atoms with E-state index in [1.54, 1.807) is 0 Å². The summed E-state index contributed by atoms with van der Waals surface area (Å²) in [5.74, 6) is 0.340. The van der Waals surface area contributed by atoms with E-state index in [2.05, 4.69) is 32.9 Å². The standard InChI is InChI=1S/C18H26N2O2/c1-5-17(21)19-6-8-20(9-7-19)18(22)12-16-11-14(3)13(2)10-15(16)4/h10-11H,5-9,12H2,1-4H3. The molecule has 0 spiro atoms. The van der Waals surface area contributed by atoms with Crippen LogP contribution < -0.4 is 0 Å². The number of benzene rings is 1. The second kappa shape index (κ2) is 6.95. The van der Waals surface area contributed by atoms with Crippen molar-refractivity contribution in [3.63, 3.8) is 0 Å². The van der Waals surface area contributed by atoms with Gasteiger partial charge in [-0.1, -0.05) is 19.1 Å². The van der Waals surface area contributed by atoms with Crippen LogP contribution in [0.4, 0.5) is 0 Å². The van der Waals surface area contributed by atoms with Crippen LogP contribution >= 0.6 is 0 Å². The first-order valence-corrected chi connectivity index (χ1v) is 8.04. The maximum atomic E-state index is 12.5. The van der Waals surface area contributed by atoms with E-state index in [-0.39, 0.29) is 11.8 Å². The third-order valence-electron chi connectivity index (χ3n) is 4.58. The highest BCUT2D eigenvalue weighted by Gasteiger charge is 2.23. The van der Waals surface area contributed by atoms with Crippen molar-refractivity contribution < 1.29 is 9.59 Å². The van der Waals surface area contributed by atoms with Crippen molar-refractivity contribution >= 4 is 11.8 Å². The number of hydrogen-bond acceptors (Lipinski definition) is 2. The van der Waals surface area contributed by atoms with Crippen molar-refractivity contribution in [3.8, 4) is 0 Å². The van der Waals surface area contributed by atoms with Gasteiger partial charge in [-0.25, -0.2) is 0 Å². The predicted molar refractivity (Wildman–Crippen MR) is 87.8 cm³/mol. The average molecular weight is 302 g/mol. The van der Waals surface area contributed by atoms with Crippen molar-refractivity contribution in [2.45, 2.75) is 40.5 Å². The molecule has 4 heteroatoms. The van der Waals surface area contributed by atoms with Gasteiger partial charge in [-0.05, 0) is 43.0 Å². The van der Waals surface area contributed by atoms with Crippen LogP contribution in [-0.4, -0.2) is 47.8 Å². The fourth-order valence-electron chi connectivity index (χ4n) is 2.91. The summed E-state index contributed by atoms with van der Waals surface area (Å²) in [4.78, 5) is 27.9. The molecule has 0 bridgehead atoms. The lowest BCUT2D eigenvalue weighted by atomic mass is 9.98. The Balaban J connectivity index is 1.97. The number of carbonyl (C=O) groups is 2. The Labute approximate surface area is 133 Å². The molecule has 2 amide bonds. The van der Waals surface area contributed by atoms with E-state index in [9.17, 15) is 9.59 Å². The number of aryl methyl sites for hydroxylation is 3. The predicted octanol–water partition coefficient (Wildman–Crippen LogP) is 2.24. The summed E-state index contributed by atoms with van der Waals surface area (Å²) in [7, 11) is 0. The lowest BCUT2D eigenvalue weighted by Gasteiger charge is -2.34. The second-order valence-electron chi connectivity index (χ2n) is 6.15. The highest BCUT2D eigenvalue weighted by molar-refractivity contribution is 5.80. The normalized spacial score (nSPS) is 15.1. The van der Waals surface area contributed by atoms with Gasteiger partial charge in [-0.3, -0.25) is 9.59 Å². The fourth-order valence-corrected chi connectivity index (χ4v) is 2.91. The van der Waals surface area contributed by atoms with E-state index in [1.807, 2.05) is 16.7 Å². The minimum absolute atomic E-state index is 0.162. The molecule has 0 saturated carbocycles. The van der Waals surface area contributed by atoms with Crippen LogP contribution in [0.15, 0.2) is 12.1 Å². The molecule has 1 aliphatic heterocycles. The average Bonchev–Trinajstić information content (AvgIpc) is 2.52. The van der Waals surface area contributed by atoms with Gasteiger partial charge in [0.2, 0.25) is 11.8 Å². The molecular weight excluding hydrogens is 276 g/mol. The minimum atomic E-state index is 0.162. The van der Waals surface area contributed by atoms with Crippen molar-refractivity contribution in [1.82, 2.24) is 9.80 Å². The second-order valence-corrected chi connectivity index (χ2v) is 6.15. The van der Waals surface area contributed by atoms with E-state index in [0.717, 1.165) is 5.56 Å². The van der Waals surface area contributed by atoms with Gasteiger partial charge in [0.15, 0.2) is 0 Å². The number of hydrogen-bond donors (Lipinski definition) is 0. The van der Waals surface area contributed by atoms with Crippen LogP contribution in [0.2, 0.25) is 0 Å². The van der Waals surface area contributed by atoms with Gasteiger partial charge in [0.25, 0.3) is 0 Å². The Morgan fingerprint density at radius 1 is 0.864 bits per heavy atom. The zero-order chi connectivity index (χ0) is 16.3. The zero-order valence-corrected chi connectivity index (χ0v) is 14.1. The Hall–Kier alpha value is -1.84. The molecule has 0 aromatic heterocycles. The molecule has 22 heavy (non-hydrogen) atoms. The molecular formula is C18H26N2O2. The summed E-state index contributed by atoms with van der Waals surface area (Å²) in [6.45, 7) is 10.7. The lowest BCUT2D eigenvalue weighted by Crippen LogP contribution is -2.50. The van der Waals surface area contributed by atoms with E-state index in [1.165, 1.54) is 16.7 Å². The minimum Gasteiger partial charge on any atom is -0.339 e. The zero-order valence-electron chi connectivity index (χ0n) is 14.1. The number of amides is 2. The van der Waals surface area contributed by atoms with E-state index in [0.29, 0.717) is 39.0 Å². The van der Waals surface area contributed by atoms with Crippen molar-refractivity contribution in [2.24, 2.45) is 0 Å². The molecule has 2 rings (SSSR count). The summed E-state index contributed by atoms with van der Waals surface area (Å²) < 4.78 is 0. The molecule has 1 aliphatic rings. The van der Waals surface area contributed by atoms with Gasteiger partial charge < -0.3 is 9.80 Å². The van der Waals surface area contributed by atoms with Crippen LogP contribution in [0, 0.1) is 20.8 Å². The summed E-state index contributed by atoms with van der Waals surface area (Å²) >= 11 is 0. The Morgan fingerprint density at radius 2 is 1.36 bits per heavy atom. The largest absolute Gasteiger partial charge is 0.339 e. The van der Waals surface area contributed by atoms with Gasteiger partial charge in [-0.2, -0.15) is 0 Å². The molecule has 1 aromatic rings. The molecule has 0 N–H and O–H groups in total. The fraction of sp³-hybridized carbons (Fsp3) is 0.556. The van der Waals surface area contributed by atoms with Crippen molar-refractivity contribution in [1.29, 1.82) is 0 Å². The molecule has 1 aromatic carbocycles. The van der Waals surface area contributed by atoms with Gasteiger partial charge in [0, 0.05) is 32.6 Å². The van der Waals surface area contributed by atoms with Crippen LogP contribution in [0.25, 0.3) is 0 Å². The van der Waals surface area contributed by atoms with Gasteiger partial charge in [0.05, 0.1) is 6.42 Å². The van der Waals surface area contributed by atoms with E-state index >= 15 is 0 Å². The Bertz CT molecular complexity index is 573. The maximum absolute atomic E-state index is 12.5. The summed E-state index contributed by atoms with van der Waals surface area (Å²) in [5.41, 5.74) is 4.78. The third-order valence-corrected chi connectivity index (χ3v) is 4.58. The molecule has 0 radical (unpaired) electrons. The molecule has 1 saturated heterocycles. The lowest BCUT2D eigenvalue weighted by molar-refractivity contribution is -0.139. The summed E-state index contributed by atoms with van der Waals surface area (Å²) in [5, 5.41) is 0. The SMILES string of the molecule is CCC(=O)N1CCN(C(=O)Cc2cc(C)c(C)cc2C)CC1. The first-order chi connectivity index (χ1) is 10.4. The van der Waals surface area contributed by atoms with Gasteiger partial charge in [-0.15, -0.1) is 0 Å². The number of rotatable bonds is 3. The molecule has 0 atom stereocenters. The molecule has 120 valence electrons. The van der Waals surface area contributed by atoms with E-state index < -0.39 is 0 Å². The quantitative estimate of drug-likeness (QED) is 0.859. The molecule has 0 aliphatic carbocycles. The number of carbonyl (C=O) groups excluding carboxylic acids is 2. The highest BCUT2D eigenvalue weighted by atomic mass is 16.2. The molecule has 4 nitrogen and oxygen atoms in total. The van der Waals surface area contributed by atoms with Crippen molar-refractivity contribution in [2.75, 3.05) is 26.2 Å². The summed E-state index contributed by atoms with van der Waals surface area (Å²) in [6, 6.07) is 4.27. The smallest absolute Gasteiger partial charge is 0.227 e. The number of piperazine rings is 1. The first kappa shape index (κ1) is 16.5. The Morgan fingerprint density at radius 3 is 1.91 bits per heavy atom.